The van der Waals surface area contributed by atoms with E-state index in [-0.39, 0.29) is 5.91 Å². The third-order valence-corrected chi connectivity index (χ3v) is 6.22. The van der Waals surface area contributed by atoms with Gasteiger partial charge in [0.15, 0.2) is 11.5 Å². The summed E-state index contributed by atoms with van der Waals surface area (Å²) in [4.78, 5) is 22.2. The van der Waals surface area contributed by atoms with Gasteiger partial charge in [-0.2, -0.15) is 0 Å². The minimum absolute atomic E-state index is 0.188. The predicted octanol–water partition coefficient (Wildman–Crippen LogP) is 4.81. The fourth-order valence-electron chi connectivity index (χ4n) is 3.68. The number of nitrogens with one attached hydrogen (secondary N) is 1. The number of benzene rings is 1. The lowest BCUT2D eigenvalue weighted by molar-refractivity contribution is -0.0716. The van der Waals surface area contributed by atoms with E-state index in [9.17, 15) is 4.79 Å². The molecule has 1 aliphatic carbocycles. The number of hydrogen-bond donors (Lipinski definition) is 1. The van der Waals surface area contributed by atoms with E-state index in [0.29, 0.717) is 22.0 Å². The Labute approximate surface area is 166 Å². The SMILES string of the molecule is Cc1nc(-c2ccccn2)sc1C(=O)Nc1ccc2c(c1)OC1(CCCC1)O2. The molecule has 1 fully saturated rings. The van der Waals surface area contributed by atoms with Gasteiger partial charge in [-0.15, -0.1) is 11.3 Å². The van der Waals surface area contributed by atoms with Crippen molar-refractivity contribution in [2.75, 3.05) is 5.32 Å². The maximum absolute atomic E-state index is 12.8. The molecule has 1 saturated carbocycles. The van der Waals surface area contributed by atoms with Crippen LogP contribution < -0.4 is 14.8 Å². The maximum atomic E-state index is 12.8. The summed E-state index contributed by atoms with van der Waals surface area (Å²) in [6.45, 7) is 1.83. The predicted molar refractivity (Wildman–Crippen MR) is 107 cm³/mol. The molecule has 1 aliphatic heterocycles. The van der Waals surface area contributed by atoms with E-state index in [1.165, 1.54) is 11.3 Å². The fourth-order valence-corrected chi connectivity index (χ4v) is 4.62. The second-order valence-corrected chi connectivity index (χ2v) is 8.09. The first-order chi connectivity index (χ1) is 13.6. The lowest BCUT2D eigenvalue weighted by Gasteiger charge is -2.21. The number of amides is 1. The minimum Gasteiger partial charge on any atom is -0.448 e. The van der Waals surface area contributed by atoms with Crippen LogP contribution in [0.1, 0.15) is 41.0 Å². The number of nitrogens with zero attached hydrogens (tertiary/aromatic N) is 2. The molecule has 28 heavy (non-hydrogen) atoms. The highest BCUT2D eigenvalue weighted by Gasteiger charge is 2.44. The van der Waals surface area contributed by atoms with Crippen LogP contribution in [0.15, 0.2) is 42.6 Å². The third-order valence-electron chi connectivity index (χ3n) is 5.05. The summed E-state index contributed by atoms with van der Waals surface area (Å²) in [7, 11) is 0. The average Bonchev–Trinajstić information content (AvgIpc) is 3.41. The van der Waals surface area contributed by atoms with Crippen molar-refractivity contribution in [1.29, 1.82) is 0 Å². The van der Waals surface area contributed by atoms with Crippen LogP contribution in [-0.4, -0.2) is 21.7 Å². The van der Waals surface area contributed by atoms with E-state index in [1.807, 2.05) is 43.3 Å². The van der Waals surface area contributed by atoms with Crippen LogP contribution in [0.3, 0.4) is 0 Å². The number of aryl methyl sites for hydroxylation is 1. The number of carbonyl (C=O) groups excluding carboxylic acids is 1. The van der Waals surface area contributed by atoms with Gasteiger partial charge in [-0.25, -0.2) is 4.98 Å². The average molecular weight is 393 g/mol. The molecule has 3 heterocycles. The van der Waals surface area contributed by atoms with Crippen molar-refractivity contribution in [2.45, 2.75) is 38.4 Å². The molecule has 1 spiro atoms. The van der Waals surface area contributed by atoms with Gasteiger partial charge >= 0.3 is 0 Å². The Kier molecular flexibility index (Phi) is 4.05. The first-order valence-corrected chi connectivity index (χ1v) is 10.2. The summed E-state index contributed by atoms with van der Waals surface area (Å²) in [5, 5.41) is 3.68. The monoisotopic (exact) mass is 393 g/mol. The van der Waals surface area contributed by atoms with E-state index >= 15 is 0 Å². The number of aromatic nitrogens is 2. The van der Waals surface area contributed by atoms with Gasteiger partial charge in [0.2, 0.25) is 0 Å². The highest BCUT2D eigenvalue weighted by Crippen LogP contribution is 2.47. The van der Waals surface area contributed by atoms with Gasteiger partial charge in [0.25, 0.3) is 11.7 Å². The number of fused-ring (bicyclic) bond motifs is 1. The summed E-state index contributed by atoms with van der Waals surface area (Å²) in [5.41, 5.74) is 2.13. The summed E-state index contributed by atoms with van der Waals surface area (Å²) >= 11 is 1.34. The number of anilines is 1. The van der Waals surface area contributed by atoms with Crippen LogP contribution in [0.2, 0.25) is 0 Å². The molecule has 3 aromatic rings. The van der Waals surface area contributed by atoms with E-state index < -0.39 is 5.79 Å². The maximum Gasteiger partial charge on any atom is 0.267 e. The lowest BCUT2D eigenvalue weighted by atomic mass is 10.2. The fraction of sp³-hybridized carbons (Fsp3) is 0.286. The zero-order valence-corrected chi connectivity index (χ0v) is 16.2. The normalized spacial score (nSPS) is 16.5. The molecular weight excluding hydrogens is 374 g/mol. The van der Waals surface area contributed by atoms with Gasteiger partial charge in [0.05, 0.1) is 11.4 Å². The molecule has 0 saturated heterocycles. The van der Waals surface area contributed by atoms with Gasteiger partial charge < -0.3 is 14.8 Å². The van der Waals surface area contributed by atoms with Gasteiger partial charge in [0, 0.05) is 30.8 Å². The molecule has 1 amide bonds. The molecule has 7 heteroatoms. The van der Waals surface area contributed by atoms with Gasteiger partial charge in [-0.3, -0.25) is 9.78 Å². The highest BCUT2D eigenvalue weighted by atomic mass is 32.1. The number of rotatable bonds is 3. The van der Waals surface area contributed by atoms with E-state index in [0.717, 1.165) is 42.1 Å². The largest absolute Gasteiger partial charge is 0.448 e. The third kappa shape index (κ3) is 3.01. The molecule has 6 nitrogen and oxygen atoms in total. The van der Waals surface area contributed by atoms with E-state index in [2.05, 4.69) is 15.3 Å². The molecule has 0 radical (unpaired) electrons. The van der Waals surface area contributed by atoms with E-state index in [1.54, 1.807) is 6.20 Å². The van der Waals surface area contributed by atoms with Gasteiger partial charge in [-0.05, 0) is 44.0 Å². The van der Waals surface area contributed by atoms with Crippen molar-refractivity contribution in [3.05, 3.63) is 53.2 Å². The zero-order chi connectivity index (χ0) is 19.1. The second-order valence-electron chi connectivity index (χ2n) is 7.09. The Morgan fingerprint density at radius 1 is 1.14 bits per heavy atom. The second kappa shape index (κ2) is 6.60. The van der Waals surface area contributed by atoms with Crippen LogP contribution >= 0.6 is 11.3 Å². The van der Waals surface area contributed by atoms with Crippen molar-refractivity contribution >= 4 is 22.9 Å². The number of thiazole rings is 1. The quantitative estimate of drug-likeness (QED) is 0.691. The van der Waals surface area contributed by atoms with Gasteiger partial charge in [0.1, 0.15) is 9.88 Å². The van der Waals surface area contributed by atoms with Crippen LogP contribution in [0.5, 0.6) is 11.5 Å². The molecule has 0 bridgehead atoms. The molecule has 1 aromatic carbocycles. The Hall–Kier alpha value is -2.93. The topological polar surface area (TPSA) is 73.3 Å². The van der Waals surface area contributed by atoms with Crippen LogP contribution in [0, 0.1) is 6.92 Å². The van der Waals surface area contributed by atoms with Crippen molar-refractivity contribution in [3.63, 3.8) is 0 Å². The van der Waals surface area contributed by atoms with Crippen molar-refractivity contribution in [3.8, 4) is 22.2 Å². The highest BCUT2D eigenvalue weighted by molar-refractivity contribution is 7.17. The van der Waals surface area contributed by atoms with Crippen LogP contribution in [0.4, 0.5) is 5.69 Å². The smallest absolute Gasteiger partial charge is 0.267 e. The van der Waals surface area contributed by atoms with Gasteiger partial charge in [-0.1, -0.05) is 6.07 Å². The first kappa shape index (κ1) is 17.2. The zero-order valence-electron chi connectivity index (χ0n) is 15.4. The number of pyridine rings is 1. The summed E-state index contributed by atoms with van der Waals surface area (Å²) in [6.07, 6.45) is 5.75. The summed E-state index contributed by atoms with van der Waals surface area (Å²) in [6, 6.07) is 11.2. The van der Waals surface area contributed by atoms with Crippen LogP contribution in [0.25, 0.3) is 10.7 Å². The summed E-state index contributed by atoms with van der Waals surface area (Å²) < 4.78 is 12.1. The Morgan fingerprint density at radius 2 is 1.96 bits per heavy atom. The standard InChI is InChI=1S/C21H19N3O3S/c1-13-18(28-20(23-13)15-6-2-5-11-22-15)19(25)24-14-7-8-16-17(12-14)27-21(26-16)9-3-4-10-21/h2,5-8,11-12H,3-4,9-10H2,1H3,(H,24,25). The van der Waals surface area contributed by atoms with Crippen LogP contribution in [-0.2, 0) is 0 Å². The molecule has 1 N–H and O–H groups in total. The molecule has 2 aromatic heterocycles. The van der Waals surface area contributed by atoms with Crippen molar-refractivity contribution in [2.24, 2.45) is 0 Å². The number of hydrogen-bond acceptors (Lipinski definition) is 6. The first-order valence-electron chi connectivity index (χ1n) is 9.34. The molecular formula is C21H19N3O3S. The Bertz CT molecular complexity index is 1040. The minimum atomic E-state index is -0.503. The summed E-state index contributed by atoms with van der Waals surface area (Å²) in [5.74, 6) is 0.740. The molecule has 2 aliphatic rings. The number of ether oxygens (including phenoxy) is 2. The Balaban J connectivity index is 1.35. The molecule has 0 unspecified atom stereocenters. The van der Waals surface area contributed by atoms with Crippen molar-refractivity contribution < 1.29 is 14.3 Å². The number of carbonyl (C=O) groups is 1. The molecule has 5 rings (SSSR count). The molecule has 142 valence electrons. The lowest BCUT2D eigenvalue weighted by Crippen LogP contribution is -2.34. The molecule has 0 atom stereocenters. The van der Waals surface area contributed by atoms with Crippen molar-refractivity contribution in [1.82, 2.24) is 9.97 Å². The van der Waals surface area contributed by atoms with E-state index in [4.69, 9.17) is 9.47 Å². The Morgan fingerprint density at radius 3 is 2.75 bits per heavy atom.